The fraction of sp³-hybridized carbons (Fsp3) is 0.833. The lowest BCUT2D eigenvalue weighted by molar-refractivity contribution is -0.145. The lowest BCUT2D eigenvalue weighted by Crippen LogP contribution is -2.49. The van der Waals surface area contributed by atoms with Crippen LogP contribution in [0.4, 0.5) is 0 Å². The largest absolute Gasteiger partial charge is 0.480 e. The summed E-state index contributed by atoms with van der Waals surface area (Å²) in [7, 11) is 0. The van der Waals surface area contributed by atoms with E-state index in [1.165, 1.54) is 0 Å². The number of carboxylic acids is 1. The smallest absolute Gasteiger partial charge is 0.326 e. The summed E-state index contributed by atoms with van der Waals surface area (Å²) in [5, 5.41) is 11.6. The van der Waals surface area contributed by atoms with E-state index in [1.54, 1.807) is 20.8 Å². The number of amides is 1. The van der Waals surface area contributed by atoms with Crippen LogP contribution in [0.1, 0.15) is 48.0 Å². The van der Waals surface area contributed by atoms with Crippen LogP contribution in [-0.4, -0.2) is 23.0 Å². The predicted octanol–water partition coefficient (Wildman–Crippen LogP) is 2.04. The minimum atomic E-state index is -0.991. The lowest BCUT2D eigenvalue weighted by Gasteiger charge is -2.29. The van der Waals surface area contributed by atoms with Gasteiger partial charge in [0.05, 0.1) is 0 Å². The molecular weight excluding hydrogens is 206 g/mol. The molecule has 0 aromatic heterocycles. The summed E-state index contributed by atoms with van der Waals surface area (Å²) >= 11 is 0. The maximum atomic E-state index is 11.6. The van der Waals surface area contributed by atoms with Crippen LogP contribution in [0.3, 0.4) is 0 Å². The van der Waals surface area contributed by atoms with Crippen LogP contribution in [0.2, 0.25) is 0 Å². The number of nitrogens with one attached hydrogen (secondary N) is 1. The molecule has 0 aliphatic carbocycles. The molecule has 0 aromatic rings. The molecule has 0 rings (SSSR count). The van der Waals surface area contributed by atoms with E-state index in [1.807, 2.05) is 20.8 Å². The molecule has 0 spiro atoms. The standard InChI is InChI=1S/C12H23NO3/c1-11(2,3)7-8(14)13-9(10(15)16)12(4,5)6/h9H,7H2,1-6H3,(H,13,14)(H,15,16)/t9-/m1/s1. The van der Waals surface area contributed by atoms with Crippen molar-refractivity contribution in [2.24, 2.45) is 10.8 Å². The Morgan fingerprint density at radius 2 is 1.56 bits per heavy atom. The molecule has 0 fully saturated rings. The molecule has 0 aliphatic heterocycles. The molecule has 4 nitrogen and oxygen atoms in total. The van der Waals surface area contributed by atoms with Crippen molar-refractivity contribution in [2.75, 3.05) is 0 Å². The number of hydrogen-bond donors (Lipinski definition) is 2. The van der Waals surface area contributed by atoms with Crippen LogP contribution in [0.15, 0.2) is 0 Å². The Balaban J connectivity index is 4.56. The Hall–Kier alpha value is -1.06. The van der Waals surface area contributed by atoms with E-state index < -0.39 is 17.4 Å². The van der Waals surface area contributed by atoms with Crippen LogP contribution in [0.25, 0.3) is 0 Å². The number of aliphatic carboxylic acids is 1. The van der Waals surface area contributed by atoms with Gasteiger partial charge in [-0.3, -0.25) is 4.79 Å². The molecule has 94 valence electrons. The number of rotatable bonds is 3. The molecule has 4 heteroatoms. The molecular formula is C12H23NO3. The van der Waals surface area contributed by atoms with E-state index in [9.17, 15) is 9.59 Å². The van der Waals surface area contributed by atoms with Crippen LogP contribution in [0.5, 0.6) is 0 Å². The third-order valence-electron chi connectivity index (χ3n) is 2.11. The maximum Gasteiger partial charge on any atom is 0.326 e. The summed E-state index contributed by atoms with van der Waals surface area (Å²) in [6.07, 6.45) is 0.326. The average Bonchev–Trinajstić information content (AvgIpc) is 1.93. The van der Waals surface area contributed by atoms with E-state index in [0.29, 0.717) is 6.42 Å². The normalized spacial score (nSPS) is 14.4. The summed E-state index contributed by atoms with van der Waals surface area (Å²) in [6, 6.07) is -0.845. The highest BCUT2D eigenvalue weighted by molar-refractivity contribution is 5.84. The van der Waals surface area contributed by atoms with Gasteiger partial charge in [0, 0.05) is 6.42 Å². The van der Waals surface area contributed by atoms with E-state index >= 15 is 0 Å². The monoisotopic (exact) mass is 229 g/mol. The second kappa shape index (κ2) is 4.85. The minimum absolute atomic E-state index is 0.134. The van der Waals surface area contributed by atoms with Crippen LogP contribution < -0.4 is 5.32 Å². The topological polar surface area (TPSA) is 66.4 Å². The van der Waals surface area contributed by atoms with Crippen molar-refractivity contribution in [1.82, 2.24) is 5.32 Å². The predicted molar refractivity (Wildman–Crippen MR) is 63.1 cm³/mol. The van der Waals surface area contributed by atoms with Gasteiger partial charge in [-0.15, -0.1) is 0 Å². The molecule has 0 radical (unpaired) electrons. The van der Waals surface area contributed by atoms with Crippen molar-refractivity contribution in [3.8, 4) is 0 Å². The summed E-state index contributed by atoms with van der Waals surface area (Å²) in [5.74, 6) is -1.20. The van der Waals surface area contributed by atoms with Crippen molar-refractivity contribution in [2.45, 2.75) is 54.0 Å². The number of carboxylic acid groups (broad SMARTS) is 1. The van der Waals surface area contributed by atoms with Gasteiger partial charge in [-0.2, -0.15) is 0 Å². The first-order valence-corrected chi connectivity index (χ1v) is 5.45. The quantitative estimate of drug-likeness (QED) is 0.778. The first-order chi connectivity index (χ1) is 6.93. The molecule has 2 N–H and O–H groups in total. The van der Waals surface area contributed by atoms with E-state index in [2.05, 4.69) is 5.32 Å². The molecule has 0 aliphatic rings. The summed E-state index contributed by atoms with van der Waals surface area (Å²) in [4.78, 5) is 22.7. The zero-order valence-electron chi connectivity index (χ0n) is 11.0. The highest BCUT2D eigenvalue weighted by Gasteiger charge is 2.33. The van der Waals surface area contributed by atoms with Gasteiger partial charge in [-0.05, 0) is 10.8 Å². The molecule has 0 aromatic carbocycles. The van der Waals surface area contributed by atoms with Crippen molar-refractivity contribution in [1.29, 1.82) is 0 Å². The minimum Gasteiger partial charge on any atom is -0.480 e. The Morgan fingerprint density at radius 3 is 1.81 bits per heavy atom. The van der Waals surface area contributed by atoms with Crippen LogP contribution in [-0.2, 0) is 9.59 Å². The molecule has 0 bridgehead atoms. The second-order valence-corrected chi connectivity index (χ2v) is 6.44. The van der Waals surface area contributed by atoms with E-state index in [4.69, 9.17) is 5.11 Å². The van der Waals surface area contributed by atoms with Gasteiger partial charge in [0.1, 0.15) is 6.04 Å². The first-order valence-electron chi connectivity index (χ1n) is 5.45. The zero-order valence-corrected chi connectivity index (χ0v) is 11.0. The zero-order chi connectivity index (χ0) is 13.1. The molecule has 0 saturated heterocycles. The third-order valence-corrected chi connectivity index (χ3v) is 2.11. The number of carbonyl (C=O) groups is 2. The van der Waals surface area contributed by atoms with Gasteiger partial charge in [-0.25, -0.2) is 4.79 Å². The Kier molecular flexibility index (Phi) is 4.53. The Morgan fingerprint density at radius 1 is 1.12 bits per heavy atom. The van der Waals surface area contributed by atoms with Crippen molar-refractivity contribution in [3.63, 3.8) is 0 Å². The molecule has 1 amide bonds. The maximum absolute atomic E-state index is 11.6. The summed E-state index contributed by atoms with van der Waals surface area (Å²) in [5.41, 5.74) is -0.621. The highest BCUT2D eigenvalue weighted by Crippen LogP contribution is 2.22. The van der Waals surface area contributed by atoms with Crippen LogP contribution in [0, 0.1) is 10.8 Å². The van der Waals surface area contributed by atoms with Crippen LogP contribution >= 0.6 is 0 Å². The highest BCUT2D eigenvalue weighted by atomic mass is 16.4. The number of carbonyl (C=O) groups excluding carboxylic acids is 1. The third kappa shape index (κ3) is 5.73. The molecule has 0 unspecified atom stereocenters. The second-order valence-electron chi connectivity index (χ2n) is 6.44. The van der Waals surface area contributed by atoms with Gasteiger partial charge in [0.25, 0.3) is 0 Å². The van der Waals surface area contributed by atoms with Gasteiger partial charge in [0.2, 0.25) is 5.91 Å². The van der Waals surface area contributed by atoms with Crippen molar-refractivity contribution >= 4 is 11.9 Å². The Bertz CT molecular complexity index is 271. The van der Waals surface area contributed by atoms with Crippen molar-refractivity contribution < 1.29 is 14.7 Å². The first kappa shape index (κ1) is 14.9. The summed E-state index contributed by atoms with van der Waals surface area (Å²) < 4.78 is 0. The molecule has 0 saturated carbocycles. The fourth-order valence-electron chi connectivity index (χ4n) is 1.34. The van der Waals surface area contributed by atoms with E-state index in [0.717, 1.165) is 0 Å². The fourth-order valence-corrected chi connectivity index (χ4v) is 1.34. The molecule has 0 heterocycles. The van der Waals surface area contributed by atoms with Gasteiger partial charge in [-0.1, -0.05) is 41.5 Å². The van der Waals surface area contributed by atoms with Gasteiger partial charge < -0.3 is 10.4 Å². The number of hydrogen-bond acceptors (Lipinski definition) is 2. The molecule has 1 atom stereocenters. The van der Waals surface area contributed by atoms with Gasteiger partial charge in [0.15, 0.2) is 0 Å². The lowest BCUT2D eigenvalue weighted by atomic mass is 9.86. The summed E-state index contributed by atoms with van der Waals surface area (Å²) in [6.45, 7) is 11.2. The SMILES string of the molecule is CC(C)(C)CC(=O)N[C@H](C(=O)O)C(C)(C)C. The molecule has 16 heavy (non-hydrogen) atoms. The van der Waals surface area contributed by atoms with Crippen molar-refractivity contribution in [3.05, 3.63) is 0 Å². The Labute approximate surface area is 97.4 Å². The average molecular weight is 229 g/mol. The van der Waals surface area contributed by atoms with Gasteiger partial charge >= 0.3 is 5.97 Å². The van der Waals surface area contributed by atoms with E-state index in [-0.39, 0.29) is 11.3 Å².